The molecule has 0 aromatic heterocycles. The molecule has 3 unspecified atom stereocenters. The summed E-state index contributed by atoms with van der Waals surface area (Å²) in [6, 6.07) is 7.60. The maximum Gasteiger partial charge on any atom is 0.136 e. The maximum atomic E-state index is 11.4. The first-order chi connectivity index (χ1) is 10.6. The molecule has 2 N–H and O–H groups in total. The number of hydrogen-bond donors (Lipinski definition) is 2. The van der Waals surface area contributed by atoms with Crippen LogP contribution in [0.1, 0.15) is 18.4 Å². The summed E-state index contributed by atoms with van der Waals surface area (Å²) in [6.07, 6.45) is 4.36. The molecule has 22 heavy (non-hydrogen) atoms. The number of ether oxygens (including phenoxy) is 1. The van der Waals surface area contributed by atoms with Gasteiger partial charge in [0.05, 0.1) is 19.3 Å². The van der Waals surface area contributed by atoms with Crippen LogP contribution in [0.2, 0.25) is 0 Å². The third-order valence-electron chi connectivity index (χ3n) is 4.96. The fraction of sp³-hybridized carbons (Fsp3) is 0.500. The van der Waals surface area contributed by atoms with Crippen molar-refractivity contribution < 1.29 is 19.7 Å². The van der Waals surface area contributed by atoms with E-state index in [1.165, 1.54) is 0 Å². The summed E-state index contributed by atoms with van der Waals surface area (Å²) in [5.41, 5.74) is 1.03. The molecule has 0 amide bonds. The fourth-order valence-corrected chi connectivity index (χ4v) is 3.55. The summed E-state index contributed by atoms with van der Waals surface area (Å²) in [5.74, 6) is 1.25. The molecule has 0 heterocycles. The summed E-state index contributed by atoms with van der Waals surface area (Å²) >= 11 is 0. The number of methoxy groups -OCH3 is 1. The van der Waals surface area contributed by atoms with Gasteiger partial charge in [0, 0.05) is 30.6 Å². The quantitative estimate of drug-likeness (QED) is 0.813. The van der Waals surface area contributed by atoms with E-state index in [0.29, 0.717) is 12.8 Å². The van der Waals surface area contributed by atoms with E-state index in [1.807, 2.05) is 30.3 Å². The summed E-state index contributed by atoms with van der Waals surface area (Å²) in [4.78, 5) is 11.4. The minimum atomic E-state index is -0.588. The van der Waals surface area contributed by atoms with Crippen LogP contribution in [0.5, 0.6) is 5.75 Å². The smallest absolute Gasteiger partial charge is 0.136 e. The molecule has 0 spiro atoms. The van der Waals surface area contributed by atoms with Gasteiger partial charge in [-0.15, -0.1) is 0 Å². The standard InChI is InChI=1S/C18H22O4/c1-22-14-6-2-11(3-7-14)8-13(19)5-4-12-9-15-16(18(12)21)10-17(15)20/h2-7,12-13,15-16,18-19,21H,8-10H2,1H3/t12?,13?,15-,16+,18?/m0/s1. The molecule has 5 atom stereocenters. The molecule has 0 bridgehead atoms. The van der Waals surface area contributed by atoms with Crippen LogP contribution in [0, 0.1) is 17.8 Å². The Morgan fingerprint density at radius 3 is 2.68 bits per heavy atom. The van der Waals surface area contributed by atoms with Crippen molar-refractivity contribution in [1.29, 1.82) is 0 Å². The normalized spacial score (nSPS) is 31.9. The van der Waals surface area contributed by atoms with Gasteiger partial charge in [0.2, 0.25) is 0 Å². The third-order valence-corrected chi connectivity index (χ3v) is 4.96. The van der Waals surface area contributed by atoms with Crippen LogP contribution in [0.4, 0.5) is 0 Å². The van der Waals surface area contributed by atoms with Crippen molar-refractivity contribution >= 4 is 5.78 Å². The lowest BCUT2D eigenvalue weighted by Gasteiger charge is -2.30. The van der Waals surface area contributed by atoms with E-state index in [9.17, 15) is 15.0 Å². The number of ketones is 1. The van der Waals surface area contributed by atoms with Crippen LogP contribution in [0.25, 0.3) is 0 Å². The number of carbonyl (C=O) groups excluding carboxylic acids is 1. The van der Waals surface area contributed by atoms with Gasteiger partial charge in [-0.05, 0) is 24.1 Å². The van der Waals surface area contributed by atoms with E-state index >= 15 is 0 Å². The minimum Gasteiger partial charge on any atom is -0.497 e. The summed E-state index contributed by atoms with van der Waals surface area (Å²) in [6.45, 7) is 0. The highest BCUT2D eigenvalue weighted by Gasteiger charge is 2.51. The molecule has 1 aromatic carbocycles. The zero-order valence-corrected chi connectivity index (χ0v) is 12.7. The molecule has 4 heteroatoms. The van der Waals surface area contributed by atoms with Gasteiger partial charge in [-0.3, -0.25) is 4.79 Å². The highest BCUT2D eigenvalue weighted by atomic mass is 16.5. The van der Waals surface area contributed by atoms with E-state index in [0.717, 1.165) is 17.7 Å². The van der Waals surface area contributed by atoms with Gasteiger partial charge in [-0.2, -0.15) is 0 Å². The first-order valence-corrected chi connectivity index (χ1v) is 7.78. The number of carbonyl (C=O) groups is 1. The molecule has 1 aromatic rings. The predicted molar refractivity (Wildman–Crippen MR) is 82.6 cm³/mol. The Kier molecular flexibility index (Phi) is 4.32. The Labute approximate surface area is 130 Å². The van der Waals surface area contributed by atoms with Gasteiger partial charge in [-0.25, -0.2) is 0 Å². The van der Waals surface area contributed by atoms with E-state index in [1.54, 1.807) is 13.2 Å². The second-order valence-corrected chi connectivity index (χ2v) is 6.34. The average molecular weight is 302 g/mol. The van der Waals surface area contributed by atoms with Crippen molar-refractivity contribution in [3.05, 3.63) is 42.0 Å². The number of rotatable bonds is 5. The molecule has 0 saturated heterocycles. The van der Waals surface area contributed by atoms with E-state index < -0.39 is 12.2 Å². The van der Waals surface area contributed by atoms with Crippen molar-refractivity contribution in [1.82, 2.24) is 0 Å². The number of fused-ring (bicyclic) bond motifs is 1. The highest BCUT2D eigenvalue weighted by molar-refractivity contribution is 5.88. The molecular formula is C18H22O4. The van der Waals surface area contributed by atoms with E-state index in [2.05, 4.69) is 0 Å². The van der Waals surface area contributed by atoms with Gasteiger partial charge >= 0.3 is 0 Å². The van der Waals surface area contributed by atoms with Crippen molar-refractivity contribution in [2.75, 3.05) is 7.11 Å². The summed E-state index contributed by atoms with van der Waals surface area (Å²) in [5, 5.41) is 20.3. The van der Waals surface area contributed by atoms with Gasteiger partial charge in [0.15, 0.2) is 0 Å². The lowest BCUT2D eigenvalue weighted by atomic mass is 9.74. The van der Waals surface area contributed by atoms with Crippen LogP contribution in [0.15, 0.2) is 36.4 Å². The fourth-order valence-electron chi connectivity index (χ4n) is 3.55. The zero-order valence-electron chi connectivity index (χ0n) is 12.7. The second-order valence-electron chi connectivity index (χ2n) is 6.34. The largest absolute Gasteiger partial charge is 0.497 e. The highest BCUT2D eigenvalue weighted by Crippen LogP contribution is 2.47. The third kappa shape index (κ3) is 2.94. The molecule has 2 aliphatic carbocycles. The van der Waals surface area contributed by atoms with Crippen LogP contribution in [-0.2, 0) is 11.2 Å². The van der Waals surface area contributed by atoms with E-state index in [-0.39, 0.29) is 23.5 Å². The predicted octanol–water partition coefficient (Wildman–Crippen LogP) is 1.74. The van der Waals surface area contributed by atoms with Crippen molar-refractivity contribution in [3.8, 4) is 5.75 Å². The summed E-state index contributed by atoms with van der Waals surface area (Å²) < 4.78 is 5.10. The maximum absolute atomic E-state index is 11.4. The van der Waals surface area contributed by atoms with Crippen LogP contribution >= 0.6 is 0 Å². The lowest BCUT2D eigenvalue weighted by molar-refractivity contribution is -0.135. The van der Waals surface area contributed by atoms with Gasteiger partial charge in [-0.1, -0.05) is 24.3 Å². The number of hydrogen-bond acceptors (Lipinski definition) is 4. The molecular weight excluding hydrogens is 280 g/mol. The number of Topliss-reactive ketones (excluding diaryl/α,β-unsaturated/α-hetero) is 1. The van der Waals surface area contributed by atoms with Crippen molar-refractivity contribution in [2.24, 2.45) is 17.8 Å². The first kappa shape index (κ1) is 15.3. The SMILES string of the molecule is COc1ccc(CC(O)C=CC2C[C@@H]3C(=O)C[C@H]3C2O)cc1. The Bertz CT molecular complexity index is 563. The topological polar surface area (TPSA) is 66.8 Å². The Morgan fingerprint density at radius 2 is 2.09 bits per heavy atom. The Balaban J connectivity index is 1.54. The monoisotopic (exact) mass is 302 g/mol. The van der Waals surface area contributed by atoms with Crippen molar-refractivity contribution in [3.63, 3.8) is 0 Å². The Hall–Kier alpha value is -1.65. The van der Waals surface area contributed by atoms with Crippen molar-refractivity contribution in [2.45, 2.75) is 31.5 Å². The first-order valence-electron chi connectivity index (χ1n) is 7.78. The van der Waals surface area contributed by atoms with Gasteiger partial charge in [0.25, 0.3) is 0 Å². The molecule has 0 radical (unpaired) electrons. The van der Waals surface area contributed by atoms with Gasteiger partial charge < -0.3 is 14.9 Å². The molecule has 118 valence electrons. The van der Waals surface area contributed by atoms with Crippen LogP contribution < -0.4 is 4.74 Å². The molecule has 3 rings (SSSR count). The van der Waals surface area contributed by atoms with Gasteiger partial charge in [0.1, 0.15) is 11.5 Å². The molecule has 2 aliphatic rings. The molecule has 2 saturated carbocycles. The average Bonchev–Trinajstić information content (AvgIpc) is 2.77. The van der Waals surface area contributed by atoms with Crippen LogP contribution in [0.3, 0.4) is 0 Å². The zero-order chi connectivity index (χ0) is 15.7. The summed E-state index contributed by atoms with van der Waals surface area (Å²) in [7, 11) is 1.62. The van der Waals surface area contributed by atoms with E-state index in [4.69, 9.17) is 4.74 Å². The number of aliphatic hydroxyl groups excluding tert-OH is 2. The number of benzene rings is 1. The molecule has 2 fully saturated rings. The second kappa shape index (κ2) is 6.23. The number of aliphatic hydroxyl groups is 2. The lowest BCUT2D eigenvalue weighted by Crippen LogP contribution is -2.38. The molecule has 0 aliphatic heterocycles. The Morgan fingerprint density at radius 1 is 1.36 bits per heavy atom. The van der Waals surface area contributed by atoms with Crippen LogP contribution in [-0.4, -0.2) is 35.3 Å². The molecule has 4 nitrogen and oxygen atoms in total. The minimum absolute atomic E-state index is 0.00744.